The molecule has 0 aliphatic carbocycles. The first-order valence-corrected chi connectivity index (χ1v) is 11.4. The lowest BCUT2D eigenvalue weighted by atomic mass is 10.0. The molecular formula is C26H26N2O3S. The first-order chi connectivity index (χ1) is 15.5. The van der Waals surface area contributed by atoms with Crippen molar-refractivity contribution >= 4 is 33.1 Å². The number of hydrogen-bond donors (Lipinski definition) is 1. The zero-order valence-corrected chi connectivity index (χ0v) is 19.5. The summed E-state index contributed by atoms with van der Waals surface area (Å²) in [5.41, 5.74) is 4.26. The molecule has 2 aromatic carbocycles. The number of carbonyl (C=O) groups excluding carboxylic acids is 1. The fourth-order valence-electron chi connectivity index (χ4n) is 3.90. The van der Waals surface area contributed by atoms with Crippen LogP contribution in [-0.4, -0.2) is 24.6 Å². The number of rotatable bonds is 7. The number of benzene rings is 2. The number of nitrogens with one attached hydrogen (secondary N) is 1. The third-order valence-electron chi connectivity index (χ3n) is 5.28. The molecule has 164 valence electrons. The Balaban J connectivity index is 1.89. The van der Waals surface area contributed by atoms with Crippen LogP contribution < -0.4 is 10.1 Å². The molecule has 0 saturated carbocycles. The average Bonchev–Trinajstić information content (AvgIpc) is 3.15. The van der Waals surface area contributed by atoms with Gasteiger partial charge in [0.05, 0.1) is 23.2 Å². The van der Waals surface area contributed by atoms with E-state index in [1.165, 1.54) is 0 Å². The van der Waals surface area contributed by atoms with Gasteiger partial charge in [-0.05, 0) is 50.1 Å². The van der Waals surface area contributed by atoms with E-state index in [0.717, 1.165) is 37.6 Å². The van der Waals surface area contributed by atoms with Crippen molar-refractivity contribution < 1.29 is 14.3 Å². The summed E-state index contributed by atoms with van der Waals surface area (Å²) in [7, 11) is 1.56. The van der Waals surface area contributed by atoms with Crippen molar-refractivity contribution in [3.05, 3.63) is 87.9 Å². The summed E-state index contributed by atoms with van der Waals surface area (Å²) < 4.78 is 11.6. The van der Waals surface area contributed by atoms with Crippen molar-refractivity contribution in [1.29, 1.82) is 0 Å². The molecule has 0 spiro atoms. The molecule has 0 aliphatic rings. The van der Waals surface area contributed by atoms with Gasteiger partial charge in [-0.3, -0.25) is 4.79 Å². The summed E-state index contributed by atoms with van der Waals surface area (Å²) in [6.07, 6.45) is -0.312. The fraction of sp³-hybridized carbons (Fsp3) is 0.231. The first kappa shape index (κ1) is 22.0. The Labute approximate surface area is 192 Å². The number of amides is 1. The van der Waals surface area contributed by atoms with E-state index in [0.29, 0.717) is 17.9 Å². The lowest BCUT2D eigenvalue weighted by Crippen LogP contribution is -2.15. The number of ether oxygens (including phenoxy) is 2. The second-order valence-corrected chi connectivity index (χ2v) is 8.53. The maximum absolute atomic E-state index is 13.3. The number of thiophene rings is 1. The van der Waals surface area contributed by atoms with Crippen LogP contribution in [0.15, 0.2) is 60.7 Å². The minimum Gasteiger partial charge on any atom is -0.496 e. The minimum atomic E-state index is -0.312. The number of para-hydroxylation sites is 1. The van der Waals surface area contributed by atoms with E-state index < -0.39 is 0 Å². The van der Waals surface area contributed by atoms with Crippen LogP contribution in [-0.2, 0) is 4.74 Å². The van der Waals surface area contributed by atoms with Gasteiger partial charge in [0.2, 0.25) is 0 Å². The highest BCUT2D eigenvalue weighted by Gasteiger charge is 2.26. The fourth-order valence-corrected chi connectivity index (χ4v) is 5.23. The van der Waals surface area contributed by atoms with E-state index in [-0.39, 0.29) is 12.0 Å². The third-order valence-corrected chi connectivity index (χ3v) is 6.41. The summed E-state index contributed by atoms with van der Waals surface area (Å²) >= 11 is 1.56. The van der Waals surface area contributed by atoms with Crippen molar-refractivity contribution in [1.82, 2.24) is 4.98 Å². The van der Waals surface area contributed by atoms with Gasteiger partial charge in [0.1, 0.15) is 16.7 Å². The van der Waals surface area contributed by atoms with Gasteiger partial charge in [0.25, 0.3) is 5.91 Å². The third kappa shape index (κ3) is 4.24. The van der Waals surface area contributed by atoms with E-state index in [1.54, 1.807) is 30.6 Å². The monoisotopic (exact) mass is 446 g/mol. The number of aromatic nitrogens is 1. The molecule has 0 fully saturated rings. The summed E-state index contributed by atoms with van der Waals surface area (Å²) in [4.78, 5) is 19.9. The van der Waals surface area contributed by atoms with Crippen LogP contribution in [0.3, 0.4) is 0 Å². The summed E-state index contributed by atoms with van der Waals surface area (Å²) in [6.45, 7) is 6.55. The van der Waals surface area contributed by atoms with Gasteiger partial charge in [-0.15, -0.1) is 11.3 Å². The number of nitrogens with zero attached hydrogens (tertiary/aromatic N) is 1. The van der Waals surface area contributed by atoms with Crippen LogP contribution in [0.4, 0.5) is 5.69 Å². The molecule has 1 amide bonds. The molecule has 0 saturated heterocycles. The molecule has 2 heterocycles. The lowest BCUT2D eigenvalue weighted by Gasteiger charge is -2.19. The molecule has 2 aromatic heterocycles. The average molecular weight is 447 g/mol. The molecule has 0 bridgehead atoms. The van der Waals surface area contributed by atoms with Gasteiger partial charge in [0, 0.05) is 17.7 Å². The molecular weight excluding hydrogens is 420 g/mol. The molecule has 0 aliphatic heterocycles. The van der Waals surface area contributed by atoms with Crippen molar-refractivity contribution in [2.75, 3.05) is 19.0 Å². The minimum absolute atomic E-state index is 0.230. The molecule has 1 N–H and O–H groups in total. The molecule has 4 aromatic rings. The zero-order valence-electron chi connectivity index (χ0n) is 18.6. The standard InChI is InChI=1S/C26H26N2O3S/c1-5-31-23(18-11-7-6-8-12-18)24-22(21-16(2)15-17(3)27-26(21)32-24)28-25(29)19-13-9-10-14-20(19)30-4/h6-15,23H,5H2,1-4H3,(H,28,29). The van der Waals surface area contributed by atoms with Crippen LogP contribution in [0, 0.1) is 13.8 Å². The van der Waals surface area contributed by atoms with Gasteiger partial charge in [0.15, 0.2) is 0 Å². The maximum Gasteiger partial charge on any atom is 0.259 e. The van der Waals surface area contributed by atoms with Crippen LogP contribution in [0.5, 0.6) is 5.75 Å². The Bertz CT molecular complexity index is 1250. The number of pyridine rings is 1. The van der Waals surface area contributed by atoms with Gasteiger partial charge >= 0.3 is 0 Å². The number of anilines is 1. The van der Waals surface area contributed by atoms with Crippen molar-refractivity contribution in [3.8, 4) is 5.75 Å². The Morgan fingerprint density at radius 3 is 2.53 bits per heavy atom. The van der Waals surface area contributed by atoms with E-state index in [2.05, 4.69) is 5.32 Å². The van der Waals surface area contributed by atoms with Crippen molar-refractivity contribution in [2.24, 2.45) is 0 Å². The highest BCUT2D eigenvalue weighted by molar-refractivity contribution is 7.19. The van der Waals surface area contributed by atoms with Crippen molar-refractivity contribution in [3.63, 3.8) is 0 Å². The Hall–Kier alpha value is -3.22. The molecule has 1 atom stereocenters. The van der Waals surface area contributed by atoms with Gasteiger partial charge in [-0.2, -0.15) is 0 Å². The smallest absolute Gasteiger partial charge is 0.259 e. The Kier molecular flexibility index (Phi) is 6.53. The highest BCUT2D eigenvalue weighted by atomic mass is 32.1. The predicted molar refractivity (Wildman–Crippen MR) is 130 cm³/mol. The number of methoxy groups -OCH3 is 1. The van der Waals surface area contributed by atoms with Crippen LogP contribution in [0.25, 0.3) is 10.2 Å². The van der Waals surface area contributed by atoms with E-state index >= 15 is 0 Å². The molecule has 32 heavy (non-hydrogen) atoms. The van der Waals surface area contributed by atoms with Crippen LogP contribution in [0.2, 0.25) is 0 Å². The van der Waals surface area contributed by atoms with Gasteiger partial charge in [-0.1, -0.05) is 42.5 Å². The summed E-state index contributed by atoms with van der Waals surface area (Å²) in [6, 6.07) is 19.3. The van der Waals surface area contributed by atoms with Crippen LogP contribution in [0.1, 0.15) is 45.1 Å². The zero-order chi connectivity index (χ0) is 22.7. The Morgan fingerprint density at radius 2 is 1.81 bits per heavy atom. The second kappa shape index (κ2) is 9.51. The molecule has 5 nitrogen and oxygen atoms in total. The molecule has 0 radical (unpaired) electrons. The van der Waals surface area contributed by atoms with Gasteiger partial charge in [-0.25, -0.2) is 4.98 Å². The quantitative estimate of drug-likeness (QED) is 0.362. The lowest BCUT2D eigenvalue weighted by molar-refractivity contribution is 0.0940. The van der Waals surface area contributed by atoms with E-state index in [1.807, 2.05) is 69.3 Å². The Morgan fingerprint density at radius 1 is 1.09 bits per heavy atom. The number of aryl methyl sites for hydroxylation is 2. The summed E-state index contributed by atoms with van der Waals surface area (Å²) in [5.74, 6) is 0.299. The SMILES string of the molecule is CCOC(c1ccccc1)c1sc2nc(C)cc(C)c2c1NC(=O)c1ccccc1OC. The normalized spacial score (nSPS) is 12.0. The molecule has 4 rings (SSSR count). The number of fused-ring (bicyclic) bond motifs is 1. The second-order valence-electron chi connectivity index (χ2n) is 7.50. The molecule has 1 unspecified atom stereocenters. The number of hydrogen-bond acceptors (Lipinski definition) is 5. The van der Waals surface area contributed by atoms with Crippen molar-refractivity contribution in [2.45, 2.75) is 26.9 Å². The van der Waals surface area contributed by atoms with E-state index in [9.17, 15) is 4.79 Å². The topological polar surface area (TPSA) is 60.5 Å². The van der Waals surface area contributed by atoms with Gasteiger partial charge < -0.3 is 14.8 Å². The highest BCUT2D eigenvalue weighted by Crippen LogP contribution is 2.44. The van der Waals surface area contributed by atoms with E-state index in [4.69, 9.17) is 14.5 Å². The van der Waals surface area contributed by atoms with Crippen LogP contribution >= 0.6 is 11.3 Å². The predicted octanol–water partition coefficient (Wildman–Crippen LogP) is 6.30. The maximum atomic E-state index is 13.3. The first-order valence-electron chi connectivity index (χ1n) is 10.5. The summed E-state index contributed by atoms with van der Waals surface area (Å²) in [5, 5.41) is 4.11. The largest absolute Gasteiger partial charge is 0.496 e. The number of carbonyl (C=O) groups is 1. The molecule has 6 heteroatoms.